The lowest BCUT2D eigenvalue weighted by atomic mass is 10.0. The van der Waals surface area contributed by atoms with Gasteiger partial charge < -0.3 is 5.32 Å². The first-order valence-corrected chi connectivity index (χ1v) is 8.97. The van der Waals surface area contributed by atoms with Crippen molar-refractivity contribution in [3.63, 3.8) is 0 Å². The van der Waals surface area contributed by atoms with Crippen LogP contribution in [0.3, 0.4) is 0 Å². The Balaban J connectivity index is 1.80. The number of aryl methyl sites for hydroxylation is 1. The van der Waals surface area contributed by atoms with Gasteiger partial charge in [-0.2, -0.15) is 0 Å². The summed E-state index contributed by atoms with van der Waals surface area (Å²) in [5, 5.41) is 3.38. The Hall–Kier alpha value is -0.910. The molecule has 0 spiro atoms. The summed E-state index contributed by atoms with van der Waals surface area (Å²) in [7, 11) is -3.19. The number of benzene rings is 1. The van der Waals surface area contributed by atoms with Crippen LogP contribution < -0.4 is 10.0 Å². The maximum Gasteiger partial charge on any atom is 0.211 e. The van der Waals surface area contributed by atoms with Crippen LogP contribution in [0.1, 0.15) is 36.8 Å². The summed E-state index contributed by atoms with van der Waals surface area (Å²) < 4.78 is 26.7. The summed E-state index contributed by atoms with van der Waals surface area (Å²) in [6, 6.07) is 8.21. The van der Waals surface area contributed by atoms with Gasteiger partial charge in [0.25, 0.3) is 0 Å². The maximum absolute atomic E-state index is 12.0. The van der Waals surface area contributed by atoms with Crippen LogP contribution in [-0.4, -0.2) is 26.8 Å². The van der Waals surface area contributed by atoms with Crippen LogP contribution in [0.2, 0.25) is 0 Å². The Morgan fingerprint density at radius 3 is 2.80 bits per heavy atom. The zero-order chi connectivity index (χ0) is 14.4. The summed E-state index contributed by atoms with van der Waals surface area (Å²) >= 11 is 0. The lowest BCUT2D eigenvalue weighted by Gasteiger charge is -2.23. The van der Waals surface area contributed by atoms with E-state index in [0.717, 1.165) is 24.1 Å². The molecule has 1 aromatic carbocycles. The molecular formula is C15H24N2O2S. The van der Waals surface area contributed by atoms with Crippen LogP contribution >= 0.6 is 0 Å². The van der Waals surface area contributed by atoms with E-state index in [-0.39, 0.29) is 5.75 Å². The molecule has 2 N–H and O–H groups in total. The average Bonchev–Trinajstić information content (AvgIpc) is 2.46. The van der Waals surface area contributed by atoms with Crippen LogP contribution in [0.4, 0.5) is 0 Å². The van der Waals surface area contributed by atoms with E-state index < -0.39 is 10.0 Å². The van der Waals surface area contributed by atoms with Crippen LogP contribution in [0, 0.1) is 6.92 Å². The van der Waals surface area contributed by atoms with Gasteiger partial charge in [0.2, 0.25) is 10.0 Å². The zero-order valence-corrected chi connectivity index (χ0v) is 12.9. The molecular weight excluding hydrogens is 272 g/mol. The molecule has 0 aliphatic carbocycles. The Labute approximate surface area is 122 Å². The van der Waals surface area contributed by atoms with E-state index in [0.29, 0.717) is 19.0 Å². The van der Waals surface area contributed by atoms with Gasteiger partial charge in [-0.3, -0.25) is 0 Å². The molecule has 4 nitrogen and oxygen atoms in total. The third kappa shape index (κ3) is 4.89. The highest BCUT2D eigenvalue weighted by atomic mass is 32.2. The predicted octanol–water partition coefficient (Wildman–Crippen LogP) is 1.95. The quantitative estimate of drug-likeness (QED) is 0.843. The van der Waals surface area contributed by atoms with E-state index in [1.807, 2.05) is 31.2 Å². The molecule has 20 heavy (non-hydrogen) atoms. The Kier molecular flexibility index (Phi) is 5.57. The van der Waals surface area contributed by atoms with Crippen LogP contribution in [-0.2, 0) is 16.6 Å². The van der Waals surface area contributed by atoms with E-state index in [9.17, 15) is 8.42 Å². The SMILES string of the molecule is Cc1ccccc1CNS(=O)(=O)CCC1CCCCN1. The van der Waals surface area contributed by atoms with Crippen molar-refractivity contribution < 1.29 is 8.42 Å². The minimum Gasteiger partial charge on any atom is -0.314 e. The molecule has 1 fully saturated rings. The van der Waals surface area contributed by atoms with Crippen molar-refractivity contribution in [2.75, 3.05) is 12.3 Å². The summed E-state index contributed by atoms with van der Waals surface area (Å²) in [5.41, 5.74) is 2.15. The molecule has 0 bridgehead atoms. The molecule has 0 saturated carbocycles. The fourth-order valence-electron chi connectivity index (χ4n) is 2.54. The normalized spacial score (nSPS) is 19.9. The number of sulfonamides is 1. The molecule has 1 aliphatic rings. The molecule has 5 heteroatoms. The molecule has 1 aromatic rings. The third-order valence-corrected chi connectivity index (χ3v) is 5.25. The van der Waals surface area contributed by atoms with Crippen molar-refractivity contribution in [3.8, 4) is 0 Å². The first-order chi connectivity index (χ1) is 9.57. The first kappa shape index (κ1) is 15.5. The topological polar surface area (TPSA) is 58.2 Å². The lowest BCUT2D eigenvalue weighted by molar-refractivity contribution is 0.392. The van der Waals surface area contributed by atoms with E-state index in [4.69, 9.17) is 0 Å². The highest BCUT2D eigenvalue weighted by molar-refractivity contribution is 7.89. The van der Waals surface area contributed by atoms with Crippen molar-refractivity contribution in [2.45, 2.75) is 45.2 Å². The Bertz CT molecular complexity index is 522. The van der Waals surface area contributed by atoms with Crippen molar-refractivity contribution in [2.24, 2.45) is 0 Å². The Morgan fingerprint density at radius 2 is 2.10 bits per heavy atom. The van der Waals surface area contributed by atoms with Gasteiger partial charge in [-0.05, 0) is 43.9 Å². The largest absolute Gasteiger partial charge is 0.314 e. The minimum atomic E-state index is -3.19. The molecule has 0 amide bonds. The molecule has 112 valence electrons. The van der Waals surface area contributed by atoms with Gasteiger partial charge >= 0.3 is 0 Å². The van der Waals surface area contributed by atoms with Crippen LogP contribution in [0.25, 0.3) is 0 Å². The van der Waals surface area contributed by atoms with Gasteiger partial charge in [-0.25, -0.2) is 13.1 Å². The van der Waals surface area contributed by atoms with Crippen molar-refractivity contribution in [1.29, 1.82) is 0 Å². The number of hydrogen-bond donors (Lipinski definition) is 2. The fraction of sp³-hybridized carbons (Fsp3) is 0.600. The number of nitrogens with one attached hydrogen (secondary N) is 2. The minimum absolute atomic E-state index is 0.205. The van der Waals surface area contributed by atoms with E-state index in [2.05, 4.69) is 10.0 Å². The first-order valence-electron chi connectivity index (χ1n) is 7.32. The smallest absolute Gasteiger partial charge is 0.211 e. The second kappa shape index (κ2) is 7.20. The molecule has 1 heterocycles. The molecule has 0 aromatic heterocycles. The summed E-state index contributed by atoms with van der Waals surface area (Å²) in [6.07, 6.45) is 4.19. The molecule has 1 unspecified atom stereocenters. The predicted molar refractivity (Wildman–Crippen MR) is 82.1 cm³/mol. The Morgan fingerprint density at radius 1 is 1.30 bits per heavy atom. The van der Waals surface area contributed by atoms with Crippen LogP contribution in [0.5, 0.6) is 0 Å². The molecule has 1 atom stereocenters. The van der Waals surface area contributed by atoms with Gasteiger partial charge in [0, 0.05) is 12.6 Å². The van der Waals surface area contributed by atoms with E-state index in [1.54, 1.807) is 0 Å². The van der Waals surface area contributed by atoms with E-state index in [1.165, 1.54) is 12.8 Å². The third-order valence-electron chi connectivity index (χ3n) is 3.89. The van der Waals surface area contributed by atoms with E-state index >= 15 is 0 Å². The van der Waals surface area contributed by atoms with Gasteiger partial charge in [-0.15, -0.1) is 0 Å². The second-order valence-electron chi connectivity index (χ2n) is 5.50. The van der Waals surface area contributed by atoms with Crippen molar-refractivity contribution >= 4 is 10.0 Å². The van der Waals surface area contributed by atoms with Crippen molar-refractivity contribution in [1.82, 2.24) is 10.0 Å². The van der Waals surface area contributed by atoms with Gasteiger partial charge in [-0.1, -0.05) is 30.7 Å². The average molecular weight is 296 g/mol. The highest BCUT2D eigenvalue weighted by Gasteiger charge is 2.17. The zero-order valence-electron chi connectivity index (χ0n) is 12.1. The van der Waals surface area contributed by atoms with Gasteiger partial charge in [0.15, 0.2) is 0 Å². The molecule has 1 saturated heterocycles. The number of hydrogen-bond acceptors (Lipinski definition) is 3. The molecule has 1 aliphatic heterocycles. The van der Waals surface area contributed by atoms with Gasteiger partial charge in [0.05, 0.1) is 5.75 Å². The van der Waals surface area contributed by atoms with Crippen LogP contribution in [0.15, 0.2) is 24.3 Å². The standard InChI is InChI=1S/C15H24N2O2S/c1-13-6-2-3-7-14(13)12-17-20(18,19)11-9-15-8-4-5-10-16-15/h2-3,6-7,15-17H,4-5,8-12H2,1H3. The second-order valence-corrected chi connectivity index (χ2v) is 7.43. The highest BCUT2D eigenvalue weighted by Crippen LogP contribution is 2.11. The summed E-state index contributed by atoms with van der Waals surface area (Å²) in [6.45, 7) is 3.39. The number of piperidine rings is 1. The fourth-order valence-corrected chi connectivity index (χ4v) is 3.65. The monoisotopic (exact) mass is 296 g/mol. The lowest BCUT2D eigenvalue weighted by Crippen LogP contribution is -2.37. The maximum atomic E-state index is 12.0. The number of rotatable bonds is 6. The molecule has 0 radical (unpaired) electrons. The molecule has 2 rings (SSSR count). The van der Waals surface area contributed by atoms with Gasteiger partial charge in [0.1, 0.15) is 0 Å². The summed E-state index contributed by atoms with van der Waals surface area (Å²) in [4.78, 5) is 0. The van der Waals surface area contributed by atoms with Crippen molar-refractivity contribution in [3.05, 3.63) is 35.4 Å². The summed E-state index contributed by atoms with van der Waals surface area (Å²) in [5.74, 6) is 0.205.